The molecule has 1 heterocycles. The standard InChI is InChI=1S/C4H8N4O/c1-9-2-3-4(5)7-8-6-3/h2H2,1H3,(H3,5,6,7,8). The van der Waals surface area contributed by atoms with E-state index in [-0.39, 0.29) is 0 Å². The van der Waals surface area contributed by atoms with Crippen molar-refractivity contribution >= 4 is 5.82 Å². The third kappa shape index (κ3) is 1.17. The normalized spacial score (nSPS) is 9.89. The zero-order valence-corrected chi connectivity index (χ0v) is 5.09. The minimum Gasteiger partial charge on any atom is -0.381 e. The largest absolute Gasteiger partial charge is 0.381 e. The van der Waals surface area contributed by atoms with Gasteiger partial charge in [0, 0.05) is 7.11 Å². The molecule has 5 nitrogen and oxygen atoms in total. The molecule has 0 aliphatic carbocycles. The monoisotopic (exact) mass is 128 g/mol. The molecule has 0 aliphatic heterocycles. The molecule has 0 aliphatic rings. The molecule has 0 spiro atoms. The average Bonchev–Trinajstić information content (AvgIpc) is 2.18. The minimum absolute atomic E-state index is 0.400. The van der Waals surface area contributed by atoms with Crippen molar-refractivity contribution in [3.8, 4) is 0 Å². The van der Waals surface area contributed by atoms with Crippen LogP contribution in [0, 0.1) is 0 Å². The van der Waals surface area contributed by atoms with Crippen LogP contribution < -0.4 is 5.73 Å². The Morgan fingerprint density at radius 2 is 2.44 bits per heavy atom. The maximum Gasteiger partial charge on any atom is 0.171 e. The van der Waals surface area contributed by atoms with Gasteiger partial charge in [-0.2, -0.15) is 10.3 Å². The highest BCUT2D eigenvalue weighted by Gasteiger charge is 2.00. The number of nitrogens with two attached hydrogens (primary N) is 1. The molecule has 0 atom stereocenters. The molecule has 0 amide bonds. The Kier molecular flexibility index (Phi) is 1.64. The SMILES string of the molecule is COCc1n[nH]nc1N. The smallest absolute Gasteiger partial charge is 0.171 e. The van der Waals surface area contributed by atoms with E-state index < -0.39 is 0 Å². The molecule has 0 bridgehead atoms. The van der Waals surface area contributed by atoms with Crippen molar-refractivity contribution in [3.63, 3.8) is 0 Å². The molecule has 0 fully saturated rings. The van der Waals surface area contributed by atoms with Crippen LogP contribution in [0.15, 0.2) is 0 Å². The van der Waals surface area contributed by atoms with Crippen molar-refractivity contribution < 1.29 is 4.74 Å². The second-order valence-corrected chi connectivity index (χ2v) is 1.59. The highest BCUT2D eigenvalue weighted by molar-refractivity contribution is 5.30. The summed E-state index contributed by atoms with van der Waals surface area (Å²) in [5.74, 6) is 0.400. The van der Waals surface area contributed by atoms with Gasteiger partial charge in [0.25, 0.3) is 0 Å². The maximum absolute atomic E-state index is 5.34. The van der Waals surface area contributed by atoms with Gasteiger partial charge in [0.2, 0.25) is 0 Å². The molecule has 5 heteroatoms. The Hall–Kier alpha value is -1.10. The molecule has 1 aromatic rings. The van der Waals surface area contributed by atoms with Crippen LogP contribution in [-0.4, -0.2) is 22.5 Å². The number of nitrogens with zero attached hydrogens (tertiary/aromatic N) is 2. The molecule has 9 heavy (non-hydrogen) atoms. The lowest BCUT2D eigenvalue weighted by Crippen LogP contribution is -1.93. The average molecular weight is 128 g/mol. The Balaban J connectivity index is 2.69. The van der Waals surface area contributed by atoms with E-state index in [1.807, 2.05) is 0 Å². The van der Waals surface area contributed by atoms with Crippen LogP contribution in [0.2, 0.25) is 0 Å². The summed E-state index contributed by atoms with van der Waals surface area (Å²) in [6.45, 7) is 0.405. The second-order valence-electron chi connectivity index (χ2n) is 1.59. The molecule has 0 unspecified atom stereocenters. The number of rotatable bonds is 2. The van der Waals surface area contributed by atoms with Gasteiger partial charge in [-0.3, -0.25) is 0 Å². The number of anilines is 1. The highest BCUT2D eigenvalue weighted by atomic mass is 16.5. The van der Waals surface area contributed by atoms with Crippen LogP contribution in [0.1, 0.15) is 5.69 Å². The zero-order valence-electron chi connectivity index (χ0n) is 5.09. The van der Waals surface area contributed by atoms with E-state index in [0.717, 1.165) is 0 Å². The van der Waals surface area contributed by atoms with E-state index in [4.69, 9.17) is 10.5 Å². The summed E-state index contributed by atoms with van der Waals surface area (Å²) in [6, 6.07) is 0. The van der Waals surface area contributed by atoms with E-state index in [1.54, 1.807) is 7.11 Å². The highest BCUT2D eigenvalue weighted by Crippen LogP contribution is 2.01. The third-order valence-corrected chi connectivity index (χ3v) is 0.932. The van der Waals surface area contributed by atoms with Crippen molar-refractivity contribution in [1.82, 2.24) is 15.4 Å². The van der Waals surface area contributed by atoms with Gasteiger partial charge in [-0.25, -0.2) is 0 Å². The number of H-pyrrole nitrogens is 1. The van der Waals surface area contributed by atoms with Crippen LogP contribution >= 0.6 is 0 Å². The first-order chi connectivity index (χ1) is 4.34. The van der Waals surface area contributed by atoms with E-state index in [0.29, 0.717) is 18.1 Å². The summed E-state index contributed by atoms with van der Waals surface area (Å²) < 4.78 is 4.76. The molecule has 1 rings (SSSR count). The molecule has 50 valence electrons. The zero-order chi connectivity index (χ0) is 6.69. The van der Waals surface area contributed by atoms with Crippen LogP contribution in [-0.2, 0) is 11.3 Å². The fourth-order valence-corrected chi connectivity index (χ4v) is 0.504. The molecule has 3 N–H and O–H groups in total. The number of hydrogen-bond acceptors (Lipinski definition) is 4. The molecule has 0 aromatic carbocycles. The quantitative estimate of drug-likeness (QED) is 0.564. The van der Waals surface area contributed by atoms with E-state index in [2.05, 4.69) is 15.4 Å². The number of hydrogen-bond donors (Lipinski definition) is 2. The predicted molar refractivity (Wildman–Crippen MR) is 31.5 cm³/mol. The van der Waals surface area contributed by atoms with Crippen LogP contribution in [0.4, 0.5) is 5.82 Å². The van der Waals surface area contributed by atoms with Gasteiger partial charge in [-0.1, -0.05) is 0 Å². The number of aromatic amines is 1. The number of aromatic nitrogens is 3. The van der Waals surface area contributed by atoms with Gasteiger partial charge < -0.3 is 10.5 Å². The van der Waals surface area contributed by atoms with Gasteiger partial charge in [0.05, 0.1) is 6.61 Å². The van der Waals surface area contributed by atoms with Crippen molar-refractivity contribution in [2.24, 2.45) is 0 Å². The lowest BCUT2D eigenvalue weighted by molar-refractivity contribution is 0.182. The van der Waals surface area contributed by atoms with Crippen molar-refractivity contribution in [3.05, 3.63) is 5.69 Å². The molecule has 0 saturated heterocycles. The summed E-state index contributed by atoms with van der Waals surface area (Å²) in [7, 11) is 1.58. The van der Waals surface area contributed by atoms with Crippen LogP contribution in [0.5, 0.6) is 0 Å². The Bertz CT molecular complexity index is 184. The topological polar surface area (TPSA) is 76.8 Å². The van der Waals surface area contributed by atoms with Gasteiger partial charge >= 0.3 is 0 Å². The summed E-state index contributed by atoms with van der Waals surface area (Å²) in [5, 5.41) is 9.69. The first-order valence-corrected chi connectivity index (χ1v) is 2.48. The lowest BCUT2D eigenvalue weighted by atomic mass is 10.5. The van der Waals surface area contributed by atoms with E-state index in [1.165, 1.54) is 0 Å². The number of nitrogen functional groups attached to an aromatic ring is 1. The lowest BCUT2D eigenvalue weighted by Gasteiger charge is -1.90. The van der Waals surface area contributed by atoms with Crippen molar-refractivity contribution in [1.29, 1.82) is 0 Å². The Morgan fingerprint density at radius 1 is 1.67 bits per heavy atom. The van der Waals surface area contributed by atoms with Gasteiger partial charge in [-0.05, 0) is 0 Å². The second kappa shape index (κ2) is 2.45. The molecule has 0 saturated carbocycles. The molecular weight excluding hydrogens is 120 g/mol. The fraction of sp³-hybridized carbons (Fsp3) is 0.500. The molecule has 1 aromatic heterocycles. The first kappa shape index (κ1) is 6.03. The fourth-order valence-electron chi connectivity index (χ4n) is 0.504. The predicted octanol–water partition coefficient (Wildman–Crippen LogP) is -0.467. The van der Waals surface area contributed by atoms with E-state index in [9.17, 15) is 0 Å². The van der Waals surface area contributed by atoms with Crippen molar-refractivity contribution in [2.45, 2.75) is 6.61 Å². The third-order valence-electron chi connectivity index (χ3n) is 0.932. The van der Waals surface area contributed by atoms with Gasteiger partial charge in [0.1, 0.15) is 5.69 Å². The van der Waals surface area contributed by atoms with Crippen LogP contribution in [0.25, 0.3) is 0 Å². The summed E-state index contributed by atoms with van der Waals surface area (Å²) in [5.41, 5.74) is 5.99. The van der Waals surface area contributed by atoms with Gasteiger partial charge in [0.15, 0.2) is 5.82 Å². The summed E-state index contributed by atoms with van der Waals surface area (Å²) in [6.07, 6.45) is 0. The number of methoxy groups -OCH3 is 1. The maximum atomic E-state index is 5.34. The van der Waals surface area contributed by atoms with Crippen molar-refractivity contribution in [2.75, 3.05) is 12.8 Å². The van der Waals surface area contributed by atoms with Gasteiger partial charge in [-0.15, -0.1) is 5.10 Å². The molecular formula is C4H8N4O. The number of nitrogens with one attached hydrogen (secondary N) is 1. The first-order valence-electron chi connectivity index (χ1n) is 2.48. The summed E-state index contributed by atoms with van der Waals surface area (Å²) >= 11 is 0. The van der Waals surface area contributed by atoms with Crippen LogP contribution in [0.3, 0.4) is 0 Å². The minimum atomic E-state index is 0.400. The Morgan fingerprint density at radius 3 is 2.89 bits per heavy atom. The molecule has 0 radical (unpaired) electrons. The number of ether oxygens (including phenoxy) is 1. The Labute approximate surface area is 52.2 Å². The van der Waals surface area contributed by atoms with E-state index >= 15 is 0 Å². The summed E-state index contributed by atoms with van der Waals surface area (Å²) in [4.78, 5) is 0.